The van der Waals surface area contributed by atoms with Crippen molar-refractivity contribution >= 4 is 17.7 Å². The van der Waals surface area contributed by atoms with Crippen LogP contribution in [0, 0.1) is 0 Å². The molecule has 1 aromatic rings. The number of methoxy groups -OCH3 is 1. The van der Waals surface area contributed by atoms with Crippen LogP contribution in [0.15, 0.2) is 12.3 Å². The van der Waals surface area contributed by atoms with Crippen LogP contribution < -0.4 is 5.73 Å². The molecule has 94 valence electrons. The topological polar surface area (TPSA) is 83.5 Å². The second-order valence-electron chi connectivity index (χ2n) is 4.50. The van der Waals surface area contributed by atoms with Gasteiger partial charge in [0, 0.05) is 6.20 Å². The quantitative estimate of drug-likeness (QED) is 0.754. The number of anilines is 1. The Labute approximate surface area is 99.3 Å². The molecular weight excluding hydrogens is 224 g/mol. The lowest BCUT2D eigenvalue weighted by atomic mass is 10.2. The van der Waals surface area contributed by atoms with Gasteiger partial charge in [-0.15, -0.1) is 0 Å². The Hall–Kier alpha value is -1.98. The number of carbonyl (C=O) groups excluding carboxylic acids is 2. The Bertz CT molecular complexity index is 443. The normalized spacial score (nSPS) is 11.1. The minimum atomic E-state index is -0.672. The van der Waals surface area contributed by atoms with Gasteiger partial charge in [-0.25, -0.2) is 14.2 Å². The van der Waals surface area contributed by atoms with Crippen molar-refractivity contribution in [2.45, 2.75) is 26.4 Å². The van der Waals surface area contributed by atoms with E-state index in [0.29, 0.717) is 0 Å². The van der Waals surface area contributed by atoms with Gasteiger partial charge in [-0.05, 0) is 26.8 Å². The van der Waals surface area contributed by atoms with Crippen LogP contribution >= 0.6 is 0 Å². The third-order valence-electron chi connectivity index (χ3n) is 1.83. The minimum absolute atomic E-state index is 0.0410. The summed E-state index contributed by atoms with van der Waals surface area (Å²) in [5, 5.41) is 0. The van der Waals surface area contributed by atoms with Gasteiger partial charge in [-0.3, -0.25) is 0 Å². The van der Waals surface area contributed by atoms with Crippen molar-refractivity contribution in [1.82, 2.24) is 4.57 Å². The van der Waals surface area contributed by atoms with Gasteiger partial charge in [0.05, 0.1) is 12.8 Å². The summed E-state index contributed by atoms with van der Waals surface area (Å²) >= 11 is 0. The molecule has 0 saturated carbocycles. The van der Waals surface area contributed by atoms with Gasteiger partial charge in [0.15, 0.2) is 0 Å². The van der Waals surface area contributed by atoms with Crippen molar-refractivity contribution in [2.75, 3.05) is 12.8 Å². The van der Waals surface area contributed by atoms with Crippen LogP contribution in [0.2, 0.25) is 0 Å². The van der Waals surface area contributed by atoms with Crippen molar-refractivity contribution in [3.8, 4) is 0 Å². The Morgan fingerprint density at radius 2 is 1.94 bits per heavy atom. The first-order valence-electron chi connectivity index (χ1n) is 5.04. The Balaban J connectivity index is 3.05. The number of rotatable bonds is 1. The van der Waals surface area contributed by atoms with Crippen LogP contribution in [0.5, 0.6) is 0 Å². The Morgan fingerprint density at radius 3 is 2.41 bits per heavy atom. The third kappa shape index (κ3) is 3.24. The van der Waals surface area contributed by atoms with Gasteiger partial charge >= 0.3 is 12.1 Å². The molecule has 1 heterocycles. The summed E-state index contributed by atoms with van der Waals surface area (Å²) in [6, 6.07) is 1.36. The van der Waals surface area contributed by atoms with E-state index in [-0.39, 0.29) is 11.4 Å². The van der Waals surface area contributed by atoms with Crippen LogP contribution in [0.25, 0.3) is 0 Å². The van der Waals surface area contributed by atoms with Gasteiger partial charge < -0.3 is 15.2 Å². The summed E-state index contributed by atoms with van der Waals surface area (Å²) in [5.41, 5.74) is 5.22. The highest BCUT2D eigenvalue weighted by Gasteiger charge is 2.23. The van der Waals surface area contributed by atoms with Crippen LogP contribution in [-0.2, 0) is 9.47 Å². The molecule has 0 saturated heterocycles. The summed E-state index contributed by atoms with van der Waals surface area (Å²) < 4.78 is 10.7. The average Bonchev–Trinajstić information content (AvgIpc) is 2.56. The van der Waals surface area contributed by atoms with Gasteiger partial charge in [0.25, 0.3) is 0 Å². The first kappa shape index (κ1) is 13.1. The number of nitrogens with zero attached hydrogens (tertiary/aromatic N) is 1. The first-order chi connectivity index (χ1) is 7.74. The Kier molecular flexibility index (Phi) is 3.45. The van der Waals surface area contributed by atoms with E-state index in [2.05, 4.69) is 4.74 Å². The maximum absolute atomic E-state index is 11.8. The molecule has 0 atom stereocenters. The fourth-order valence-electron chi connectivity index (χ4n) is 1.21. The maximum Gasteiger partial charge on any atom is 0.419 e. The van der Waals surface area contributed by atoms with Gasteiger partial charge in [-0.1, -0.05) is 0 Å². The summed E-state index contributed by atoms with van der Waals surface area (Å²) in [7, 11) is 1.23. The number of hydrogen-bond acceptors (Lipinski definition) is 5. The average molecular weight is 240 g/mol. The summed E-state index contributed by atoms with van der Waals surface area (Å²) in [6.07, 6.45) is 0.648. The number of esters is 1. The number of ether oxygens (including phenoxy) is 2. The predicted octanol–water partition coefficient (Wildman–Crippen LogP) is 1.64. The molecule has 2 N–H and O–H groups in total. The molecule has 0 aromatic carbocycles. The number of nitrogens with two attached hydrogens (primary N) is 1. The van der Waals surface area contributed by atoms with Crippen molar-refractivity contribution in [1.29, 1.82) is 0 Å². The molecule has 0 bridgehead atoms. The number of carbonyl (C=O) groups is 2. The van der Waals surface area contributed by atoms with Crippen molar-refractivity contribution in [3.63, 3.8) is 0 Å². The lowest BCUT2D eigenvalue weighted by Gasteiger charge is -2.20. The smallest absolute Gasteiger partial charge is 0.419 e. The lowest BCUT2D eigenvalue weighted by Crippen LogP contribution is -2.28. The molecule has 0 unspecified atom stereocenters. The molecular formula is C11H16N2O4. The Morgan fingerprint density at radius 1 is 1.35 bits per heavy atom. The van der Waals surface area contributed by atoms with E-state index in [1.807, 2.05) is 0 Å². The van der Waals surface area contributed by atoms with Crippen molar-refractivity contribution in [3.05, 3.63) is 18.0 Å². The van der Waals surface area contributed by atoms with E-state index in [4.69, 9.17) is 10.5 Å². The monoisotopic (exact) mass is 240 g/mol. The van der Waals surface area contributed by atoms with E-state index in [1.54, 1.807) is 20.8 Å². The molecule has 0 aliphatic heterocycles. The maximum atomic E-state index is 11.8. The number of aromatic nitrogens is 1. The molecule has 6 nitrogen and oxygen atoms in total. The predicted molar refractivity (Wildman–Crippen MR) is 61.8 cm³/mol. The first-order valence-corrected chi connectivity index (χ1v) is 5.04. The zero-order chi connectivity index (χ0) is 13.2. The highest BCUT2D eigenvalue weighted by Crippen LogP contribution is 2.15. The molecule has 0 aliphatic carbocycles. The number of nitrogen functional groups attached to an aromatic ring is 1. The fraction of sp³-hybridized carbons (Fsp3) is 0.455. The molecule has 1 rings (SSSR count). The summed E-state index contributed by atoms with van der Waals surface area (Å²) in [6.45, 7) is 5.20. The van der Waals surface area contributed by atoms with Gasteiger partial charge in [0.1, 0.15) is 11.3 Å². The van der Waals surface area contributed by atoms with E-state index in [1.165, 1.54) is 19.4 Å². The molecule has 0 fully saturated rings. The van der Waals surface area contributed by atoms with E-state index < -0.39 is 17.7 Å². The second kappa shape index (κ2) is 4.48. The molecule has 17 heavy (non-hydrogen) atoms. The fourth-order valence-corrected chi connectivity index (χ4v) is 1.21. The van der Waals surface area contributed by atoms with Gasteiger partial charge in [0.2, 0.25) is 0 Å². The highest BCUT2D eigenvalue weighted by atomic mass is 16.6. The van der Waals surface area contributed by atoms with Crippen LogP contribution in [0.1, 0.15) is 31.3 Å². The summed E-state index contributed by atoms with van der Waals surface area (Å²) in [5.74, 6) is -0.646. The van der Waals surface area contributed by atoms with E-state index in [9.17, 15) is 9.59 Å². The SMILES string of the molecule is COC(=O)c1cc(N)cn1C(=O)OC(C)(C)C. The van der Waals surface area contributed by atoms with Gasteiger partial charge in [-0.2, -0.15) is 0 Å². The highest BCUT2D eigenvalue weighted by molar-refractivity contribution is 5.93. The van der Waals surface area contributed by atoms with Crippen LogP contribution in [-0.4, -0.2) is 29.3 Å². The third-order valence-corrected chi connectivity index (χ3v) is 1.83. The lowest BCUT2D eigenvalue weighted by molar-refractivity contribution is 0.0483. The second-order valence-corrected chi connectivity index (χ2v) is 4.50. The van der Waals surface area contributed by atoms with Crippen molar-refractivity contribution in [2.24, 2.45) is 0 Å². The minimum Gasteiger partial charge on any atom is -0.464 e. The molecule has 0 aliphatic rings. The van der Waals surface area contributed by atoms with Crippen LogP contribution in [0.4, 0.5) is 10.5 Å². The molecule has 0 amide bonds. The summed E-state index contributed by atoms with van der Waals surface area (Å²) in [4.78, 5) is 23.2. The standard InChI is InChI=1S/C11H16N2O4/c1-11(2,3)17-10(15)13-6-7(12)5-8(13)9(14)16-4/h5-6H,12H2,1-4H3. The molecule has 6 heteroatoms. The van der Waals surface area contributed by atoms with Crippen molar-refractivity contribution < 1.29 is 19.1 Å². The largest absolute Gasteiger partial charge is 0.464 e. The zero-order valence-electron chi connectivity index (χ0n) is 10.3. The van der Waals surface area contributed by atoms with E-state index in [0.717, 1.165) is 4.57 Å². The van der Waals surface area contributed by atoms with E-state index >= 15 is 0 Å². The van der Waals surface area contributed by atoms with Crippen LogP contribution in [0.3, 0.4) is 0 Å². The zero-order valence-corrected chi connectivity index (χ0v) is 10.3. The molecule has 0 spiro atoms. The molecule has 0 radical (unpaired) electrons. The molecule has 1 aromatic heterocycles. The number of hydrogen-bond donors (Lipinski definition) is 1.